The number of aliphatic carboxylic acids is 1. The Labute approximate surface area is 101 Å². The van der Waals surface area contributed by atoms with Crippen molar-refractivity contribution < 1.29 is 14.7 Å². The molecule has 1 aliphatic carbocycles. The first-order chi connectivity index (χ1) is 8.09. The van der Waals surface area contributed by atoms with E-state index < -0.39 is 12.0 Å². The van der Waals surface area contributed by atoms with E-state index in [1.54, 1.807) is 0 Å². The van der Waals surface area contributed by atoms with Crippen LogP contribution in [-0.4, -0.2) is 59.0 Å². The molecule has 0 bridgehead atoms. The Morgan fingerprint density at radius 1 is 1.35 bits per heavy atom. The summed E-state index contributed by atoms with van der Waals surface area (Å²) in [7, 11) is 1.83. The number of amides is 1. The van der Waals surface area contributed by atoms with Crippen molar-refractivity contribution in [1.82, 2.24) is 9.80 Å². The summed E-state index contributed by atoms with van der Waals surface area (Å²) in [4.78, 5) is 26.8. The minimum atomic E-state index is -0.900. The fourth-order valence-corrected chi connectivity index (χ4v) is 2.90. The van der Waals surface area contributed by atoms with Gasteiger partial charge in [0.15, 0.2) is 0 Å². The van der Waals surface area contributed by atoms with Gasteiger partial charge in [-0.2, -0.15) is 0 Å². The highest BCUT2D eigenvalue weighted by atomic mass is 16.4. The van der Waals surface area contributed by atoms with Crippen LogP contribution in [0.3, 0.4) is 0 Å². The van der Waals surface area contributed by atoms with Gasteiger partial charge in [0.25, 0.3) is 0 Å². The van der Waals surface area contributed by atoms with Crippen molar-refractivity contribution in [3.63, 3.8) is 0 Å². The zero-order valence-electron chi connectivity index (χ0n) is 10.3. The lowest BCUT2D eigenvalue weighted by atomic mass is 10.1. The molecule has 1 amide bonds. The topological polar surface area (TPSA) is 60.9 Å². The van der Waals surface area contributed by atoms with E-state index in [1.807, 2.05) is 16.8 Å². The summed E-state index contributed by atoms with van der Waals surface area (Å²) in [5, 5.41) is 8.86. The summed E-state index contributed by atoms with van der Waals surface area (Å²) in [6.45, 7) is 1.52. The normalized spacial score (nSPS) is 27.7. The van der Waals surface area contributed by atoms with Crippen LogP contribution in [0.25, 0.3) is 0 Å². The van der Waals surface area contributed by atoms with Gasteiger partial charge in [0.05, 0.1) is 12.5 Å². The summed E-state index contributed by atoms with van der Waals surface area (Å²) >= 11 is 0. The Kier molecular flexibility index (Phi) is 3.66. The summed E-state index contributed by atoms with van der Waals surface area (Å²) in [6, 6.07) is -0.116. The second-order valence-corrected chi connectivity index (χ2v) is 5.06. The SMILES string of the molecule is CN1CCN(C2CCCC2)C(=O)C1CC(=O)O. The average Bonchev–Trinajstić information content (AvgIpc) is 2.77. The molecule has 5 nitrogen and oxygen atoms in total. The highest BCUT2D eigenvalue weighted by Crippen LogP contribution is 2.26. The molecule has 2 aliphatic rings. The molecule has 17 heavy (non-hydrogen) atoms. The molecular formula is C12H20N2O3. The largest absolute Gasteiger partial charge is 0.481 e. The monoisotopic (exact) mass is 240 g/mol. The van der Waals surface area contributed by atoms with Gasteiger partial charge in [-0.3, -0.25) is 14.5 Å². The van der Waals surface area contributed by atoms with E-state index in [2.05, 4.69) is 0 Å². The molecule has 0 aromatic heterocycles. The third-order valence-electron chi connectivity index (χ3n) is 3.93. The maximum Gasteiger partial charge on any atom is 0.305 e. The van der Waals surface area contributed by atoms with Crippen molar-refractivity contribution in [2.45, 2.75) is 44.2 Å². The molecule has 1 saturated carbocycles. The zero-order chi connectivity index (χ0) is 12.4. The number of carboxylic acid groups (broad SMARTS) is 1. The Bertz CT molecular complexity index is 313. The van der Waals surface area contributed by atoms with E-state index in [9.17, 15) is 9.59 Å². The average molecular weight is 240 g/mol. The van der Waals surface area contributed by atoms with Gasteiger partial charge in [0.2, 0.25) is 5.91 Å². The molecule has 1 aliphatic heterocycles. The van der Waals surface area contributed by atoms with Crippen LogP contribution >= 0.6 is 0 Å². The third-order valence-corrected chi connectivity index (χ3v) is 3.93. The van der Waals surface area contributed by atoms with Crippen LogP contribution in [-0.2, 0) is 9.59 Å². The van der Waals surface area contributed by atoms with Gasteiger partial charge in [-0.15, -0.1) is 0 Å². The third kappa shape index (κ3) is 2.60. The molecule has 1 saturated heterocycles. The van der Waals surface area contributed by atoms with Gasteiger partial charge in [-0.1, -0.05) is 12.8 Å². The summed E-state index contributed by atoms with van der Waals surface area (Å²) < 4.78 is 0. The van der Waals surface area contributed by atoms with Crippen LogP contribution in [0.1, 0.15) is 32.1 Å². The number of nitrogens with zero attached hydrogens (tertiary/aromatic N) is 2. The van der Waals surface area contributed by atoms with Crippen LogP contribution in [0.2, 0.25) is 0 Å². The fourth-order valence-electron chi connectivity index (χ4n) is 2.90. The number of carbonyl (C=O) groups is 2. The van der Waals surface area contributed by atoms with Gasteiger partial charge in [-0.05, 0) is 19.9 Å². The van der Waals surface area contributed by atoms with Crippen LogP contribution in [0.15, 0.2) is 0 Å². The summed E-state index contributed by atoms with van der Waals surface area (Å²) in [5.74, 6) is -0.892. The number of hydrogen-bond acceptors (Lipinski definition) is 3. The number of piperazine rings is 1. The van der Waals surface area contributed by atoms with E-state index in [4.69, 9.17) is 5.11 Å². The molecule has 0 aromatic carbocycles. The molecule has 5 heteroatoms. The Hall–Kier alpha value is -1.10. The molecule has 1 unspecified atom stereocenters. The van der Waals surface area contributed by atoms with E-state index in [1.165, 1.54) is 12.8 Å². The quantitative estimate of drug-likeness (QED) is 0.782. The lowest BCUT2D eigenvalue weighted by molar-refractivity contribution is -0.150. The van der Waals surface area contributed by atoms with Crippen LogP contribution < -0.4 is 0 Å². The molecule has 96 valence electrons. The van der Waals surface area contributed by atoms with Crippen molar-refractivity contribution in [2.75, 3.05) is 20.1 Å². The number of rotatable bonds is 3. The second kappa shape index (κ2) is 5.04. The van der Waals surface area contributed by atoms with E-state index in [0.717, 1.165) is 25.9 Å². The highest BCUT2D eigenvalue weighted by molar-refractivity contribution is 5.87. The minimum absolute atomic E-state index is 0.00745. The smallest absolute Gasteiger partial charge is 0.305 e. The van der Waals surface area contributed by atoms with Crippen molar-refractivity contribution >= 4 is 11.9 Å². The summed E-state index contributed by atoms with van der Waals surface area (Å²) in [5.41, 5.74) is 0. The first-order valence-electron chi connectivity index (χ1n) is 6.32. The molecule has 1 N–H and O–H groups in total. The first-order valence-corrected chi connectivity index (χ1v) is 6.32. The zero-order valence-corrected chi connectivity index (χ0v) is 10.3. The van der Waals surface area contributed by atoms with Crippen LogP contribution in [0.5, 0.6) is 0 Å². The molecule has 1 heterocycles. The Balaban J connectivity index is 2.05. The van der Waals surface area contributed by atoms with Crippen molar-refractivity contribution in [2.24, 2.45) is 0 Å². The van der Waals surface area contributed by atoms with Crippen LogP contribution in [0, 0.1) is 0 Å². The Morgan fingerprint density at radius 3 is 2.59 bits per heavy atom. The van der Waals surface area contributed by atoms with Gasteiger partial charge < -0.3 is 10.0 Å². The first kappa shape index (κ1) is 12.4. The molecular weight excluding hydrogens is 220 g/mol. The molecule has 1 atom stereocenters. The molecule has 0 spiro atoms. The predicted molar refractivity (Wildman–Crippen MR) is 62.6 cm³/mol. The van der Waals surface area contributed by atoms with Crippen molar-refractivity contribution in [1.29, 1.82) is 0 Å². The van der Waals surface area contributed by atoms with E-state index in [-0.39, 0.29) is 12.3 Å². The molecule has 2 fully saturated rings. The van der Waals surface area contributed by atoms with Crippen molar-refractivity contribution in [3.05, 3.63) is 0 Å². The number of carbonyl (C=O) groups excluding carboxylic acids is 1. The lowest BCUT2D eigenvalue weighted by Gasteiger charge is -2.41. The number of hydrogen-bond donors (Lipinski definition) is 1. The number of carboxylic acids is 1. The van der Waals surface area contributed by atoms with Gasteiger partial charge in [0, 0.05) is 19.1 Å². The maximum absolute atomic E-state index is 12.3. The lowest BCUT2D eigenvalue weighted by Crippen LogP contribution is -2.58. The highest BCUT2D eigenvalue weighted by Gasteiger charge is 2.37. The fraction of sp³-hybridized carbons (Fsp3) is 0.833. The minimum Gasteiger partial charge on any atom is -0.481 e. The van der Waals surface area contributed by atoms with E-state index in [0.29, 0.717) is 6.04 Å². The van der Waals surface area contributed by atoms with Gasteiger partial charge in [-0.25, -0.2) is 0 Å². The van der Waals surface area contributed by atoms with Gasteiger partial charge >= 0.3 is 5.97 Å². The van der Waals surface area contributed by atoms with Gasteiger partial charge in [0.1, 0.15) is 0 Å². The predicted octanol–water partition coefficient (Wildman–Crippen LogP) is 0.546. The second-order valence-electron chi connectivity index (χ2n) is 5.06. The molecule has 2 rings (SSSR count). The number of likely N-dealkylation sites (N-methyl/N-ethyl adjacent to an activating group) is 1. The molecule has 0 aromatic rings. The standard InChI is InChI=1S/C12H20N2O3/c1-13-6-7-14(9-4-2-3-5-9)12(17)10(13)8-11(15)16/h9-10H,2-8H2,1H3,(H,15,16). The van der Waals surface area contributed by atoms with Crippen molar-refractivity contribution in [3.8, 4) is 0 Å². The summed E-state index contributed by atoms with van der Waals surface area (Å²) in [6.07, 6.45) is 4.45. The molecule has 0 radical (unpaired) electrons. The Morgan fingerprint density at radius 2 is 2.00 bits per heavy atom. The maximum atomic E-state index is 12.3. The van der Waals surface area contributed by atoms with Crippen LogP contribution in [0.4, 0.5) is 0 Å². The van der Waals surface area contributed by atoms with E-state index >= 15 is 0 Å².